The van der Waals surface area contributed by atoms with E-state index in [9.17, 15) is 5.11 Å². The lowest BCUT2D eigenvalue weighted by atomic mass is 10.2. The van der Waals surface area contributed by atoms with Gasteiger partial charge in [0.25, 0.3) is 0 Å². The zero-order chi connectivity index (χ0) is 11.4. The van der Waals surface area contributed by atoms with Gasteiger partial charge in [-0.05, 0) is 31.7 Å². The molecule has 1 aromatic carbocycles. The molecule has 1 aliphatic carbocycles. The minimum Gasteiger partial charge on any atom is -0.493 e. The number of hydrogen-bond acceptors (Lipinski definition) is 3. The van der Waals surface area contributed by atoms with E-state index in [0.717, 1.165) is 18.4 Å². The van der Waals surface area contributed by atoms with E-state index >= 15 is 0 Å². The fourth-order valence-corrected chi connectivity index (χ4v) is 2.15. The van der Waals surface area contributed by atoms with Crippen LogP contribution in [0.1, 0.15) is 31.2 Å². The molecule has 2 rings (SSSR count). The van der Waals surface area contributed by atoms with E-state index in [1.165, 1.54) is 12.8 Å². The molecule has 0 heterocycles. The number of methoxy groups -OCH3 is 1. The van der Waals surface area contributed by atoms with Gasteiger partial charge in [0.1, 0.15) is 0 Å². The summed E-state index contributed by atoms with van der Waals surface area (Å²) in [5.41, 5.74) is 0.797. The Kier molecular flexibility index (Phi) is 3.67. The molecule has 1 aromatic rings. The van der Waals surface area contributed by atoms with Crippen LogP contribution in [0.2, 0.25) is 0 Å². The zero-order valence-corrected chi connectivity index (χ0v) is 9.61. The van der Waals surface area contributed by atoms with Crippen LogP contribution in [0.4, 0.5) is 0 Å². The number of hydrogen-bond donors (Lipinski definition) is 1. The predicted octanol–water partition coefficient (Wildman–Crippen LogP) is 2.51. The molecule has 0 spiro atoms. The van der Waals surface area contributed by atoms with Crippen molar-refractivity contribution in [3.63, 3.8) is 0 Å². The number of aliphatic hydroxyl groups excluding tert-OH is 1. The molecule has 88 valence electrons. The molecule has 1 aliphatic rings. The van der Waals surface area contributed by atoms with Crippen LogP contribution in [0.15, 0.2) is 18.2 Å². The van der Waals surface area contributed by atoms with E-state index in [2.05, 4.69) is 0 Å². The normalized spacial score (nSPS) is 16.4. The summed E-state index contributed by atoms with van der Waals surface area (Å²) in [6.07, 6.45) is 4.94. The molecule has 0 atom stereocenters. The minimum atomic E-state index is -0.0146. The van der Waals surface area contributed by atoms with Crippen molar-refractivity contribution in [2.75, 3.05) is 7.11 Å². The Labute approximate surface area is 96.0 Å². The minimum absolute atomic E-state index is 0.0146. The molecule has 1 saturated carbocycles. The van der Waals surface area contributed by atoms with Crippen molar-refractivity contribution in [3.8, 4) is 11.5 Å². The summed E-state index contributed by atoms with van der Waals surface area (Å²) < 4.78 is 11.2. The Balaban J connectivity index is 2.21. The van der Waals surface area contributed by atoms with Crippen molar-refractivity contribution in [2.45, 2.75) is 38.4 Å². The van der Waals surface area contributed by atoms with Crippen LogP contribution in [-0.4, -0.2) is 18.3 Å². The third kappa shape index (κ3) is 2.30. The van der Waals surface area contributed by atoms with Crippen LogP contribution >= 0.6 is 0 Å². The second-order valence-corrected chi connectivity index (χ2v) is 4.13. The quantitative estimate of drug-likeness (QED) is 0.850. The second kappa shape index (κ2) is 5.21. The number of aliphatic hydroxyl groups is 1. The van der Waals surface area contributed by atoms with Crippen LogP contribution < -0.4 is 9.47 Å². The van der Waals surface area contributed by atoms with Crippen molar-refractivity contribution in [1.82, 2.24) is 0 Å². The highest BCUT2D eigenvalue weighted by Gasteiger charge is 2.20. The zero-order valence-electron chi connectivity index (χ0n) is 9.61. The first-order chi connectivity index (χ1) is 7.85. The molecule has 0 aromatic heterocycles. The van der Waals surface area contributed by atoms with Gasteiger partial charge in [-0.25, -0.2) is 0 Å². The number of rotatable bonds is 4. The summed E-state index contributed by atoms with van der Waals surface area (Å²) in [7, 11) is 1.62. The molecule has 0 unspecified atom stereocenters. The average Bonchev–Trinajstić information content (AvgIpc) is 2.82. The first-order valence-electron chi connectivity index (χ1n) is 5.78. The lowest BCUT2D eigenvalue weighted by molar-refractivity contribution is 0.191. The summed E-state index contributed by atoms with van der Waals surface area (Å²) in [6.45, 7) is -0.0146. The van der Waals surface area contributed by atoms with Gasteiger partial charge >= 0.3 is 0 Å². The van der Waals surface area contributed by atoms with Gasteiger partial charge in [0, 0.05) is 5.56 Å². The lowest BCUT2D eigenvalue weighted by Crippen LogP contribution is -2.13. The van der Waals surface area contributed by atoms with Crippen molar-refractivity contribution in [3.05, 3.63) is 23.8 Å². The first-order valence-corrected chi connectivity index (χ1v) is 5.78. The molecule has 0 bridgehead atoms. The van der Waals surface area contributed by atoms with Crippen LogP contribution in [0, 0.1) is 0 Å². The molecule has 0 aliphatic heterocycles. The Morgan fingerprint density at radius 2 is 2.06 bits per heavy atom. The van der Waals surface area contributed by atoms with Gasteiger partial charge in [-0.2, -0.15) is 0 Å². The Bertz CT molecular complexity index is 321. The summed E-state index contributed by atoms with van der Waals surface area (Å²) in [4.78, 5) is 0. The smallest absolute Gasteiger partial charge is 0.167 e. The molecule has 0 radical (unpaired) electrons. The van der Waals surface area contributed by atoms with Gasteiger partial charge in [-0.1, -0.05) is 12.1 Å². The average molecular weight is 222 g/mol. The summed E-state index contributed by atoms with van der Waals surface area (Å²) in [6, 6.07) is 5.60. The predicted molar refractivity (Wildman–Crippen MR) is 61.8 cm³/mol. The number of benzene rings is 1. The van der Waals surface area contributed by atoms with Gasteiger partial charge in [-0.15, -0.1) is 0 Å². The van der Waals surface area contributed by atoms with E-state index in [1.54, 1.807) is 7.11 Å². The topological polar surface area (TPSA) is 38.7 Å². The summed E-state index contributed by atoms with van der Waals surface area (Å²) in [5, 5.41) is 9.28. The maximum atomic E-state index is 9.28. The van der Waals surface area contributed by atoms with Gasteiger partial charge in [-0.3, -0.25) is 0 Å². The van der Waals surface area contributed by atoms with Crippen LogP contribution in [-0.2, 0) is 6.61 Å². The fraction of sp³-hybridized carbons (Fsp3) is 0.538. The van der Waals surface area contributed by atoms with Gasteiger partial charge in [0.2, 0.25) is 0 Å². The van der Waals surface area contributed by atoms with Crippen molar-refractivity contribution in [2.24, 2.45) is 0 Å². The maximum Gasteiger partial charge on any atom is 0.167 e. The fourth-order valence-electron chi connectivity index (χ4n) is 2.15. The first kappa shape index (κ1) is 11.3. The standard InChI is InChI=1S/C13H18O3/c1-15-12-8-4-5-10(9-14)13(12)16-11-6-2-3-7-11/h4-5,8,11,14H,2-3,6-7,9H2,1H3. The SMILES string of the molecule is COc1cccc(CO)c1OC1CCCC1. The second-order valence-electron chi connectivity index (χ2n) is 4.13. The van der Waals surface area contributed by atoms with Crippen molar-refractivity contribution in [1.29, 1.82) is 0 Å². The molecule has 0 amide bonds. The van der Waals surface area contributed by atoms with E-state index in [1.807, 2.05) is 18.2 Å². The Morgan fingerprint density at radius 1 is 1.31 bits per heavy atom. The molecule has 1 N–H and O–H groups in total. The highest BCUT2D eigenvalue weighted by Crippen LogP contribution is 2.34. The largest absolute Gasteiger partial charge is 0.493 e. The number of para-hydroxylation sites is 1. The van der Waals surface area contributed by atoms with E-state index in [-0.39, 0.29) is 12.7 Å². The Hall–Kier alpha value is -1.22. The van der Waals surface area contributed by atoms with Gasteiger partial charge < -0.3 is 14.6 Å². The van der Waals surface area contributed by atoms with Crippen molar-refractivity contribution >= 4 is 0 Å². The molecule has 0 saturated heterocycles. The molecular weight excluding hydrogens is 204 g/mol. The Morgan fingerprint density at radius 3 is 2.69 bits per heavy atom. The monoisotopic (exact) mass is 222 g/mol. The van der Waals surface area contributed by atoms with Crippen LogP contribution in [0.25, 0.3) is 0 Å². The van der Waals surface area contributed by atoms with E-state index in [4.69, 9.17) is 9.47 Å². The molecule has 16 heavy (non-hydrogen) atoms. The molecule has 3 heteroatoms. The van der Waals surface area contributed by atoms with E-state index in [0.29, 0.717) is 11.5 Å². The van der Waals surface area contributed by atoms with Crippen molar-refractivity contribution < 1.29 is 14.6 Å². The highest BCUT2D eigenvalue weighted by atomic mass is 16.5. The van der Waals surface area contributed by atoms with Crippen LogP contribution in [0.3, 0.4) is 0 Å². The number of ether oxygens (including phenoxy) is 2. The van der Waals surface area contributed by atoms with Gasteiger partial charge in [0.05, 0.1) is 19.8 Å². The van der Waals surface area contributed by atoms with Gasteiger partial charge in [0.15, 0.2) is 11.5 Å². The molecule has 3 nitrogen and oxygen atoms in total. The van der Waals surface area contributed by atoms with Crippen LogP contribution in [0.5, 0.6) is 11.5 Å². The lowest BCUT2D eigenvalue weighted by Gasteiger charge is -2.18. The third-order valence-electron chi connectivity index (χ3n) is 3.04. The third-order valence-corrected chi connectivity index (χ3v) is 3.04. The maximum absolute atomic E-state index is 9.28. The molecular formula is C13H18O3. The summed E-state index contributed by atoms with van der Waals surface area (Å²) >= 11 is 0. The molecule has 1 fully saturated rings. The van der Waals surface area contributed by atoms with E-state index < -0.39 is 0 Å². The highest BCUT2D eigenvalue weighted by molar-refractivity contribution is 5.46. The summed E-state index contributed by atoms with van der Waals surface area (Å²) in [5.74, 6) is 1.41.